The number of ether oxygens (including phenoxy) is 1. The molecule has 0 aromatic carbocycles. The fourth-order valence-electron chi connectivity index (χ4n) is 3.13. The van der Waals surface area contributed by atoms with Crippen LogP contribution < -0.4 is 15.4 Å². The lowest BCUT2D eigenvalue weighted by molar-refractivity contribution is -0.0217. The number of aliphatic hydroxyl groups excluding tert-OH is 1. The molecule has 3 rings (SSSR count). The van der Waals surface area contributed by atoms with Gasteiger partial charge in [-0.1, -0.05) is 0 Å². The maximum atomic E-state index is 12.0. The first kappa shape index (κ1) is 17.3. The summed E-state index contributed by atoms with van der Waals surface area (Å²) in [5.74, 6) is 0.594. The highest BCUT2D eigenvalue weighted by molar-refractivity contribution is 7.46. The summed E-state index contributed by atoms with van der Waals surface area (Å²) in [5.41, 5.74) is 0.0522. The van der Waals surface area contributed by atoms with Crippen molar-refractivity contribution in [2.45, 2.75) is 24.9 Å². The van der Waals surface area contributed by atoms with Crippen molar-refractivity contribution >= 4 is 19.3 Å². The molecule has 0 radical (unpaired) electrons. The van der Waals surface area contributed by atoms with Gasteiger partial charge in [-0.3, -0.25) is 9.32 Å². The summed E-state index contributed by atoms with van der Waals surface area (Å²) in [7, 11) is -1.23. The summed E-state index contributed by atoms with van der Waals surface area (Å²) in [6.07, 6.45) is -0.879. The molecule has 3 N–H and O–H groups in total. The monoisotopic (exact) mass is 362 g/mol. The predicted octanol–water partition coefficient (Wildman–Crippen LogP) is -1.42. The highest BCUT2D eigenvalue weighted by Crippen LogP contribution is 2.43. The molecular weight excluding hydrogens is 343 g/mol. The first-order valence-electron chi connectivity index (χ1n) is 7.25. The molecule has 0 saturated carbocycles. The van der Waals surface area contributed by atoms with Crippen LogP contribution in [0.4, 0.5) is 11.5 Å². The van der Waals surface area contributed by atoms with Crippen LogP contribution in [0.25, 0.3) is 0 Å². The lowest BCUT2D eigenvalue weighted by atomic mass is 10.2. The van der Waals surface area contributed by atoms with Crippen molar-refractivity contribution in [2.75, 3.05) is 30.1 Å². The molecule has 0 aliphatic carbocycles. The van der Waals surface area contributed by atoms with Gasteiger partial charge in [-0.25, -0.2) is 4.57 Å². The predicted molar refractivity (Wildman–Crippen MR) is 82.5 cm³/mol. The first-order valence-corrected chi connectivity index (χ1v) is 8.78. The van der Waals surface area contributed by atoms with E-state index in [9.17, 15) is 14.5 Å². The molecule has 0 unspecified atom stereocenters. The molecule has 1 aromatic heterocycles. The Morgan fingerprint density at radius 3 is 2.79 bits per heavy atom. The van der Waals surface area contributed by atoms with E-state index in [-0.39, 0.29) is 12.0 Å². The minimum atomic E-state index is -4.70. The zero-order chi connectivity index (χ0) is 17.6. The number of phosphoric ester groups is 1. The molecule has 134 valence electrons. The van der Waals surface area contributed by atoms with Crippen molar-refractivity contribution in [3.8, 4) is 0 Å². The quantitative estimate of drug-likeness (QED) is 0.547. The summed E-state index contributed by atoms with van der Waals surface area (Å²) in [6, 6.07) is 0. The van der Waals surface area contributed by atoms with Gasteiger partial charge in [0, 0.05) is 20.5 Å². The van der Waals surface area contributed by atoms with E-state index in [1.165, 1.54) is 6.33 Å². The maximum absolute atomic E-state index is 12.0. The lowest BCUT2D eigenvalue weighted by Crippen LogP contribution is -2.38. The van der Waals surface area contributed by atoms with Gasteiger partial charge in [0.15, 0.2) is 0 Å². The Hall–Kier alpha value is -1.49. The Labute approximate surface area is 137 Å². The molecule has 3 atom stereocenters. The average Bonchev–Trinajstić information content (AvgIpc) is 3.03. The van der Waals surface area contributed by atoms with E-state index in [0.29, 0.717) is 18.2 Å². The number of anilines is 2. The van der Waals surface area contributed by atoms with Gasteiger partial charge in [0.25, 0.3) is 5.56 Å². The molecule has 2 aliphatic heterocycles. The summed E-state index contributed by atoms with van der Waals surface area (Å²) in [4.78, 5) is 37.3. The van der Waals surface area contributed by atoms with Crippen molar-refractivity contribution in [1.82, 2.24) is 9.55 Å². The van der Waals surface area contributed by atoms with Crippen LogP contribution >= 0.6 is 7.82 Å². The number of aromatic nitrogens is 2. The highest BCUT2D eigenvalue weighted by Gasteiger charge is 2.44. The van der Waals surface area contributed by atoms with E-state index < -0.39 is 32.9 Å². The third kappa shape index (κ3) is 3.06. The fourth-order valence-corrected chi connectivity index (χ4v) is 3.70. The molecule has 0 bridgehead atoms. The van der Waals surface area contributed by atoms with Crippen LogP contribution in [-0.4, -0.2) is 63.2 Å². The molecule has 24 heavy (non-hydrogen) atoms. The number of fused-ring (bicyclic) bond motifs is 1. The molecule has 1 fully saturated rings. The third-order valence-electron chi connectivity index (χ3n) is 4.10. The van der Waals surface area contributed by atoms with E-state index in [1.54, 1.807) is 28.5 Å². The second kappa shape index (κ2) is 6.10. The van der Waals surface area contributed by atoms with Gasteiger partial charge in [-0.05, 0) is 0 Å². The van der Waals surface area contributed by atoms with E-state index >= 15 is 0 Å². The van der Waals surface area contributed by atoms with Gasteiger partial charge in [0.1, 0.15) is 36.3 Å². The minimum Gasteiger partial charge on any atom is -0.394 e. The summed E-state index contributed by atoms with van der Waals surface area (Å²) < 4.78 is 23.2. The second-order valence-corrected chi connectivity index (χ2v) is 7.02. The van der Waals surface area contributed by atoms with Gasteiger partial charge < -0.3 is 34.0 Å². The zero-order valence-electron chi connectivity index (χ0n) is 13.1. The second-order valence-electron chi connectivity index (χ2n) is 5.82. The summed E-state index contributed by atoms with van der Waals surface area (Å²) in [6.45, 7) is -0.0947. The third-order valence-corrected chi connectivity index (χ3v) is 4.64. The molecule has 11 nitrogen and oxygen atoms in total. The van der Waals surface area contributed by atoms with Crippen LogP contribution in [0.3, 0.4) is 0 Å². The largest absolute Gasteiger partial charge is 0.469 e. The molecule has 1 saturated heterocycles. The normalized spacial score (nSPS) is 27.0. The molecule has 0 spiro atoms. The fraction of sp³-hybridized carbons (Fsp3) is 0.667. The van der Waals surface area contributed by atoms with E-state index in [0.717, 1.165) is 0 Å². The van der Waals surface area contributed by atoms with E-state index in [1.807, 2.05) is 0 Å². The standard InChI is InChI=1S/C12H19N4O7P/c1-14-5-13-11(18)10-12(14)16(6-15(10)2)9-3-7(8(4-17)22-9)23-24(19,20)21/h5,7-9,17H,3-4,6H2,1-2H3,(H2,19,20,21)/t7-,8+,9+/m0/s1. The van der Waals surface area contributed by atoms with Crippen LogP contribution in [0.2, 0.25) is 0 Å². The number of hydrogen-bond acceptors (Lipinski definition) is 8. The van der Waals surface area contributed by atoms with Gasteiger partial charge in [0.05, 0.1) is 13.3 Å². The first-order chi connectivity index (χ1) is 11.2. The van der Waals surface area contributed by atoms with Crippen LogP contribution in [0.5, 0.6) is 0 Å². The van der Waals surface area contributed by atoms with Gasteiger partial charge in [0.2, 0.25) is 0 Å². The Kier molecular flexibility index (Phi) is 4.41. The molecule has 12 heteroatoms. The van der Waals surface area contributed by atoms with Crippen LogP contribution in [0.1, 0.15) is 6.42 Å². The maximum Gasteiger partial charge on any atom is 0.469 e. The Morgan fingerprint density at radius 2 is 2.17 bits per heavy atom. The number of phosphoric acid groups is 1. The van der Waals surface area contributed by atoms with Gasteiger partial charge >= 0.3 is 7.82 Å². The van der Waals surface area contributed by atoms with Crippen molar-refractivity contribution in [3.05, 3.63) is 16.7 Å². The van der Waals surface area contributed by atoms with Gasteiger partial charge in [-0.2, -0.15) is 4.98 Å². The Balaban J connectivity index is 1.89. The van der Waals surface area contributed by atoms with Crippen LogP contribution in [0.15, 0.2) is 11.1 Å². The molecule has 1 aromatic rings. The average molecular weight is 362 g/mol. The Bertz CT molecular complexity index is 735. The van der Waals surface area contributed by atoms with Gasteiger partial charge in [-0.15, -0.1) is 0 Å². The smallest absolute Gasteiger partial charge is 0.394 e. The number of hydrogen-bond donors (Lipinski definition) is 3. The Morgan fingerprint density at radius 1 is 1.46 bits per heavy atom. The van der Waals surface area contributed by atoms with Crippen molar-refractivity contribution < 1.29 is 28.7 Å². The van der Waals surface area contributed by atoms with Crippen molar-refractivity contribution in [2.24, 2.45) is 7.05 Å². The molecule has 3 heterocycles. The van der Waals surface area contributed by atoms with Crippen molar-refractivity contribution in [1.29, 1.82) is 0 Å². The minimum absolute atomic E-state index is 0.139. The number of nitrogens with zero attached hydrogens (tertiary/aromatic N) is 4. The molecular formula is C12H19N4O7P. The molecule has 0 amide bonds. The number of aliphatic hydroxyl groups is 1. The topological polar surface area (TPSA) is 138 Å². The SMILES string of the molecule is CN1CN([C@H]2C[C@H](OP(=O)(O)O)[C@@H](CO)O2)c2c1c(=O)ncn2C. The molecule has 2 aliphatic rings. The lowest BCUT2D eigenvalue weighted by Gasteiger charge is -2.27. The zero-order valence-corrected chi connectivity index (χ0v) is 14.0. The highest BCUT2D eigenvalue weighted by atomic mass is 31.2. The number of aryl methyl sites for hydroxylation is 1. The van der Waals surface area contributed by atoms with Crippen LogP contribution in [-0.2, 0) is 20.9 Å². The summed E-state index contributed by atoms with van der Waals surface area (Å²) >= 11 is 0. The summed E-state index contributed by atoms with van der Waals surface area (Å²) in [5, 5.41) is 9.39. The van der Waals surface area contributed by atoms with E-state index in [4.69, 9.17) is 19.0 Å². The number of rotatable bonds is 4. The van der Waals surface area contributed by atoms with Crippen molar-refractivity contribution in [3.63, 3.8) is 0 Å². The van der Waals surface area contributed by atoms with Crippen LogP contribution in [0, 0.1) is 0 Å². The van der Waals surface area contributed by atoms with E-state index in [2.05, 4.69) is 4.98 Å².